The molecule has 0 bridgehead atoms. The van der Waals surface area contributed by atoms with Gasteiger partial charge >= 0.3 is 0 Å². The van der Waals surface area contributed by atoms with Crippen LogP contribution < -0.4 is 5.32 Å². The van der Waals surface area contributed by atoms with Crippen LogP contribution in [0.3, 0.4) is 0 Å². The Hall–Kier alpha value is -1.61. The van der Waals surface area contributed by atoms with E-state index in [1.54, 1.807) is 0 Å². The van der Waals surface area contributed by atoms with E-state index in [-0.39, 0.29) is 6.04 Å². The van der Waals surface area contributed by atoms with E-state index in [4.69, 9.17) is 11.6 Å². The average molecular weight is 280 g/mol. The van der Waals surface area contributed by atoms with Gasteiger partial charge in [-0.2, -0.15) is 0 Å². The zero-order chi connectivity index (χ0) is 13.6. The van der Waals surface area contributed by atoms with Gasteiger partial charge in [0.05, 0.1) is 6.04 Å². The van der Waals surface area contributed by atoms with Gasteiger partial charge < -0.3 is 5.32 Å². The number of hydrogen-bond donors (Lipinski definition) is 1. The van der Waals surface area contributed by atoms with E-state index in [1.165, 1.54) is 6.07 Å². The fourth-order valence-electron chi connectivity index (χ4n) is 2.54. The van der Waals surface area contributed by atoms with Crippen molar-refractivity contribution in [3.8, 4) is 0 Å². The lowest BCUT2D eigenvalue weighted by Crippen LogP contribution is -2.08. The van der Waals surface area contributed by atoms with Gasteiger partial charge in [-0.1, -0.05) is 17.7 Å². The summed E-state index contributed by atoms with van der Waals surface area (Å²) in [4.78, 5) is 0. The van der Waals surface area contributed by atoms with Gasteiger partial charge in [-0.05, 0) is 42.3 Å². The first-order chi connectivity index (χ1) is 9.06. The third-order valence-electron chi connectivity index (χ3n) is 3.52. The van der Waals surface area contributed by atoms with Gasteiger partial charge in [0.1, 0.15) is 11.6 Å². The molecule has 2 aromatic rings. The van der Waals surface area contributed by atoms with Crippen LogP contribution in [0, 0.1) is 18.6 Å². The molecule has 1 aliphatic rings. The lowest BCUT2D eigenvalue weighted by Gasteiger charge is -2.13. The number of fused-ring (bicyclic) bond motifs is 1. The summed E-state index contributed by atoms with van der Waals surface area (Å²) in [5.41, 5.74) is 3.29. The Morgan fingerprint density at radius 1 is 1.21 bits per heavy atom. The van der Waals surface area contributed by atoms with Gasteiger partial charge in [0.15, 0.2) is 0 Å². The van der Waals surface area contributed by atoms with E-state index in [9.17, 15) is 8.78 Å². The molecule has 0 aliphatic carbocycles. The lowest BCUT2D eigenvalue weighted by atomic mass is 10.0. The minimum atomic E-state index is -0.433. The van der Waals surface area contributed by atoms with Crippen molar-refractivity contribution in [2.75, 3.05) is 5.32 Å². The second-order valence-corrected chi connectivity index (χ2v) is 5.19. The standard InChI is InChI=1S/C15H12ClF2N/c1-8-2-4-12(16)10-7-14(19-15(8)10)11-6-9(17)3-5-13(11)18/h2-6,14,19H,7H2,1H3. The largest absolute Gasteiger partial charge is 0.377 e. The van der Waals surface area contributed by atoms with Crippen molar-refractivity contribution < 1.29 is 8.78 Å². The molecule has 1 atom stereocenters. The molecule has 1 heterocycles. The molecule has 1 N–H and O–H groups in total. The topological polar surface area (TPSA) is 12.0 Å². The van der Waals surface area contributed by atoms with Gasteiger partial charge in [-0.15, -0.1) is 0 Å². The Balaban J connectivity index is 2.02. The van der Waals surface area contributed by atoms with Gasteiger partial charge in [0.2, 0.25) is 0 Å². The predicted molar refractivity (Wildman–Crippen MR) is 72.6 cm³/mol. The highest BCUT2D eigenvalue weighted by molar-refractivity contribution is 6.31. The number of halogens is 3. The highest BCUT2D eigenvalue weighted by Gasteiger charge is 2.27. The molecule has 4 heteroatoms. The summed E-state index contributed by atoms with van der Waals surface area (Å²) in [5.74, 6) is -0.836. The van der Waals surface area contributed by atoms with Crippen LogP contribution in [0.2, 0.25) is 5.02 Å². The minimum absolute atomic E-state index is 0.274. The average Bonchev–Trinajstić information content (AvgIpc) is 2.83. The van der Waals surface area contributed by atoms with Crippen LogP contribution in [0.4, 0.5) is 14.5 Å². The molecule has 0 spiro atoms. The van der Waals surface area contributed by atoms with E-state index in [0.717, 1.165) is 28.9 Å². The summed E-state index contributed by atoms with van der Waals surface area (Å²) < 4.78 is 27.1. The second kappa shape index (κ2) is 4.49. The van der Waals surface area contributed by atoms with Crippen LogP contribution in [0.15, 0.2) is 30.3 Å². The molecule has 1 aliphatic heterocycles. The molecule has 0 radical (unpaired) electrons. The van der Waals surface area contributed by atoms with Gasteiger partial charge in [-0.25, -0.2) is 8.78 Å². The highest BCUT2D eigenvalue weighted by Crippen LogP contribution is 2.40. The molecule has 98 valence electrons. The van der Waals surface area contributed by atoms with Crippen LogP contribution >= 0.6 is 11.6 Å². The first-order valence-corrected chi connectivity index (χ1v) is 6.43. The van der Waals surface area contributed by atoms with Crippen molar-refractivity contribution in [2.45, 2.75) is 19.4 Å². The SMILES string of the molecule is Cc1ccc(Cl)c2c1NC(c1cc(F)ccc1F)C2. The molecule has 3 rings (SSSR count). The summed E-state index contributed by atoms with van der Waals surface area (Å²) in [5, 5.41) is 3.90. The molecule has 0 amide bonds. The Kier molecular flexibility index (Phi) is 2.94. The minimum Gasteiger partial charge on any atom is -0.377 e. The lowest BCUT2D eigenvalue weighted by molar-refractivity contribution is 0.573. The first kappa shape index (κ1) is 12.4. The molecule has 2 aromatic carbocycles. The summed E-state index contributed by atoms with van der Waals surface area (Å²) in [7, 11) is 0. The van der Waals surface area contributed by atoms with Crippen molar-refractivity contribution in [1.82, 2.24) is 0 Å². The molecule has 19 heavy (non-hydrogen) atoms. The number of rotatable bonds is 1. The number of benzene rings is 2. The maximum absolute atomic E-state index is 13.8. The van der Waals surface area contributed by atoms with Crippen LogP contribution in [0.1, 0.15) is 22.7 Å². The summed E-state index contributed by atoms with van der Waals surface area (Å²) in [6, 6.07) is 7.00. The Morgan fingerprint density at radius 3 is 2.74 bits per heavy atom. The molecular formula is C15H12ClF2N. The Labute approximate surface area is 115 Å². The summed E-state index contributed by atoms with van der Waals surface area (Å²) in [6.45, 7) is 1.96. The second-order valence-electron chi connectivity index (χ2n) is 4.78. The third-order valence-corrected chi connectivity index (χ3v) is 3.88. The Bertz CT molecular complexity index is 624. The predicted octanol–water partition coefficient (Wildman–Crippen LogP) is 4.64. The van der Waals surface area contributed by atoms with E-state index >= 15 is 0 Å². The number of hydrogen-bond acceptors (Lipinski definition) is 1. The monoisotopic (exact) mass is 279 g/mol. The van der Waals surface area contributed by atoms with Crippen LogP contribution in [-0.2, 0) is 6.42 Å². The molecule has 1 unspecified atom stereocenters. The van der Waals surface area contributed by atoms with Crippen molar-refractivity contribution in [3.05, 3.63) is 63.7 Å². The quantitative estimate of drug-likeness (QED) is 0.802. The zero-order valence-corrected chi connectivity index (χ0v) is 11.1. The van der Waals surface area contributed by atoms with Crippen LogP contribution in [0.25, 0.3) is 0 Å². The smallest absolute Gasteiger partial charge is 0.128 e. The third kappa shape index (κ3) is 2.08. The fraction of sp³-hybridized carbons (Fsp3) is 0.200. The fourth-order valence-corrected chi connectivity index (χ4v) is 2.77. The summed E-state index contributed by atoms with van der Waals surface area (Å²) in [6.07, 6.45) is 0.566. The van der Waals surface area contributed by atoms with Gasteiger partial charge in [0.25, 0.3) is 0 Å². The Morgan fingerprint density at radius 2 is 2.00 bits per heavy atom. The van der Waals surface area contributed by atoms with E-state index in [2.05, 4.69) is 5.32 Å². The summed E-state index contributed by atoms with van der Waals surface area (Å²) >= 11 is 6.16. The van der Waals surface area contributed by atoms with Crippen molar-refractivity contribution >= 4 is 17.3 Å². The number of anilines is 1. The molecule has 0 aromatic heterocycles. The molecule has 0 saturated heterocycles. The van der Waals surface area contributed by atoms with Gasteiger partial charge in [-0.3, -0.25) is 0 Å². The zero-order valence-electron chi connectivity index (χ0n) is 10.3. The number of nitrogens with one attached hydrogen (secondary N) is 1. The van der Waals surface area contributed by atoms with Crippen LogP contribution in [-0.4, -0.2) is 0 Å². The molecule has 0 saturated carbocycles. The maximum atomic E-state index is 13.8. The first-order valence-electron chi connectivity index (χ1n) is 6.05. The van der Waals surface area contributed by atoms with E-state index < -0.39 is 11.6 Å². The van der Waals surface area contributed by atoms with Crippen molar-refractivity contribution in [2.24, 2.45) is 0 Å². The van der Waals surface area contributed by atoms with Crippen molar-refractivity contribution in [3.63, 3.8) is 0 Å². The van der Waals surface area contributed by atoms with Crippen molar-refractivity contribution in [1.29, 1.82) is 0 Å². The normalized spacial score (nSPS) is 17.2. The molecule has 1 nitrogen and oxygen atoms in total. The molecule has 0 fully saturated rings. The van der Waals surface area contributed by atoms with E-state index in [1.807, 2.05) is 19.1 Å². The maximum Gasteiger partial charge on any atom is 0.128 e. The molecular weight excluding hydrogens is 268 g/mol. The van der Waals surface area contributed by atoms with Gasteiger partial charge in [0, 0.05) is 22.7 Å². The number of aryl methyl sites for hydroxylation is 1. The highest BCUT2D eigenvalue weighted by atomic mass is 35.5. The van der Waals surface area contributed by atoms with E-state index in [0.29, 0.717) is 17.0 Å². The van der Waals surface area contributed by atoms with Crippen LogP contribution in [0.5, 0.6) is 0 Å².